The van der Waals surface area contributed by atoms with Gasteiger partial charge in [-0.1, -0.05) is 45.9 Å². The minimum absolute atomic E-state index is 0.184. The summed E-state index contributed by atoms with van der Waals surface area (Å²) in [4.78, 5) is 15.2. The van der Waals surface area contributed by atoms with Crippen LogP contribution in [0.25, 0.3) is 0 Å². The molecule has 190 valence electrons. The monoisotopic (exact) mass is 511 g/mol. The van der Waals surface area contributed by atoms with Gasteiger partial charge in [-0.25, -0.2) is 4.57 Å². The maximum atomic E-state index is 13.6. The van der Waals surface area contributed by atoms with Gasteiger partial charge in [0, 0.05) is 30.0 Å². The van der Waals surface area contributed by atoms with E-state index in [1.807, 2.05) is 41.5 Å². The van der Waals surface area contributed by atoms with Gasteiger partial charge in [0.1, 0.15) is 0 Å². The normalized spacial score (nSPS) is 20.0. The first-order valence-corrected chi connectivity index (χ1v) is 16.0. The van der Waals surface area contributed by atoms with Crippen LogP contribution in [-0.2, 0) is 23.1 Å². The van der Waals surface area contributed by atoms with Crippen molar-refractivity contribution >= 4 is 35.1 Å². The molecule has 6 nitrogen and oxygen atoms in total. The maximum absolute atomic E-state index is 13.6. The lowest BCUT2D eigenvalue weighted by Crippen LogP contribution is -2.39. The molecule has 9 heteroatoms. The number of carbonyl (C=O) groups excluding carboxylic acids is 1. The van der Waals surface area contributed by atoms with Crippen molar-refractivity contribution in [3.05, 3.63) is 0 Å². The molecule has 1 heterocycles. The van der Waals surface area contributed by atoms with E-state index < -0.39 is 23.4 Å². The van der Waals surface area contributed by atoms with E-state index in [0.717, 1.165) is 58.5 Å². The van der Waals surface area contributed by atoms with Crippen LogP contribution >= 0.6 is 29.9 Å². The van der Waals surface area contributed by atoms with Crippen LogP contribution in [0, 0.1) is 5.41 Å². The average molecular weight is 512 g/mol. The Balaban J connectivity index is 2.59. The Labute approximate surface area is 204 Å². The highest BCUT2D eigenvalue weighted by Crippen LogP contribution is 2.65. The van der Waals surface area contributed by atoms with E-state index in [9.17, 15) is 9.36 Å². The molecule has 1 aliphatic heterocycles. The van der Waals surface area contributed by atoms with E-state index >= 15 is 0 Å². The summed E-state index contributed by atoms with van der Waals surface area (Å²) in [6.45, 7) is 16.8. The van der Waals surface area contributed by atoms with Crippen LogP contribution in [0.15, 0.2) is 0 Å². The summed E-state index contributed by atoms with van der Waals surface area (Å²) in [5, 5.41) is 0.184. The van der Waals surface area contributed by atoms with Gasteiger partial charge in [0.05, 0.1) is 24.4 Å². The summed E-state index contributed by atoms with van der Waals surface area (Å²) in [7, 11) is 0. The van der Waals surface area contributed by atoms with Crippen molar-refractivity contribution < 1.29 is 23.1 Å². The predicted octanol–water partition coefficient (Wildman–Crippen LogP) is 6.64. The third kappa shape index (κ3) is 11.7. The molecule has 32 heavy (non-hydrogen) atoms. The van der Waals surface area contributed by atoms with Crippen molar-refractivity contribution in [3.63, 3.8) is 0 Å². The summed E-state index contributed by atoms with van der Waals surface area (Å²) >= 11 is 2.55. The lowest BCUT2D eigenvalue weighted by Gasteiger charge is -2.35. The van der Waals surface area contributed by atoms with E-state index in [0.29, 0.717) is 11.5 Å². The second-order valence-electron chi connectivity index (χ2n) is 10.4. The van der Waals surface area contributed by atoms with Gasteiger partial charge in [0.2, 0.25) is 0 Å². The number of carbonyl (C=O) groups is 1. The smallest absolute Gasteiger partial charge is 0.379 e. The SMILES string of the molecule is CCCC(C)(CC)OP(=O)(OC(C)(C)C)SCCSC(=O)C(C)(C)CCN1CCOCC1. The van der Waals surface area contributed by atoms with Crippen molar-refractivity contribution in [3.8, 4) is 0 Å². The molecule has 0 spiro atoms. The summed E-state index contributed by atoms with van der Waals surface area (Å²) in [6, 6.07) is 0. The molecule has 0 N–H and O–H groups in total. The number of hydrogen-bond donors (Lipinski definition) is 0. The Morgan fingerprint density at radius 1 is 1.00 bits per heavy atom. The van der Waals surface area contributed by atoms with Gasteiger partial charge < -0.3 is 4.74 Å². The van der Waals surface area contributed by atoms with Crippen LogP contribution in [-0.4, -0.2) is 65.6 Å². The quantitative estimate of drug-likeness (QED) is 0.190. The second kappa shape index (κ2) is 13.5. The first kappa shape index (κ1) is 30.5. The minimum Gasteiger partial charge on any atom is -0.379 e. The topological polar surface area (TPSA) is 65.1 Å². The number of thioether (sulfide) groups is 1. The molecule has 0 saturated carbocycles. The molecule has 2 atom stereocenters. The molecule has 2 unspecified atom stereocenters. The number of rotatable bonds is 14. The Bertz CT molecular complexity index is 620. The van der Waals surface area contributed by atoms with Gasteiger partial charge in [0.25, 0.3) is 0 Å². The number of ether oxygens (including phenoxy) is 1. The highest BCUT2D eigenvalue weighted by molar-refractivity contribution is 8.55. The van der Waals surface area contributed by atoms with Crippen molar-refractivity contribution in [2.24, 2.45) is 5.41 Å². The Hall–Kier alpha value is 0.440. The predicted molar refractivity (Wildman–Crippen MR) is 139 cm³/mol. The van der Waals surface area contributed by atoms with Crippen molar-refractivity contribution in [2.45, 2.75) is 92.3 Å². The maximum Gasteiger partial charge on any atom is 0.390 e. The van der Waals surface area contributed by atoms with Crippen LogP contribution in [0.4, 0.5) is 0 Å². The van der Waals surface area contributed by atoms with Crippen LogP contribution in [0.3, 0.4) is 0 Å². The van der Waals surface area contributed by atoms with E-state index in [1.165, 1.54) is 23.1 Å². The highest BCUT2D eigenvalue weighted by atomic mass is 32.7. The lowest BCUT2D eigenvalue weighted by atomic mass is 9.91. The third-order valence-electron chi connectivity index (χ3n) is 5.52. The fraction of sp³-hybridized carbons (Fsp3) is 0.957. The lowest BCUT2D eigenvalue weighted by molar-refractivity contribution is -0.118. The van der Waals surface area contributed by atoms with Crippen molar-refractivity contribution in [1.29, 1.82) is 0 Å². The zero-order valence-corrected chi connectivity index (χ0v) is 24.1. The first-order valence-electron chi connectivity index (χ1n) is 11.9. The summed E-state index contributed by atoms with van der Waals surface area (Å²) < 4.78 is 31.1. The molecular weight excluding hydrogens is 465 g/mol. The van der Waals surface area contributed by atoms with E-state index in [4.69, 9.17) is 13.8 Å². The van der Waals surface area contributed by atoms with E-state index in [2.05, 4.69) is 18.7 Å². The number of hydrogen-bond acceptors (Lipinski definition) is 8. The van der Waals surface area contributed by atoms with Gasteiger partial charge in [0.15, 0.2) is 5.12 Å². The standard InChI is InChI=1S/C23H46NO5PS2/c1-9-11-23(8,10-2)29-30(26,28-21(3,4)5)32-19-18-31-20(25)22(6,7)12-13-24-14-16-27-17-15-24/h9-19H2,1-8H3. The zero-order chi connectivity index (χ0) is 24.5. The van der Waals surface area contributed by atoms with Crippen LogP contribution < -0.4 is 0 Å². The minimum atomic E-state index is -3.37. The van der Waals surface area contributed by atoms with Gasteiger partial charge in [-0.3, -0.25) is 18.7 Å². The Kier molecular flexibility index (Phi) is 12.9. The molecule has 0 bridgehead atoms. The Morgan fingerprint density at radius 3 is 2.16 bits per heavy atom. The zero-order valence-electron chi connectivity index (χ0n) is 21.5. The molecule has 0 amide bonds. The molecule has 1 aliphatic rings. The van der Waals surface area contributed by atoms with Crippen LogP contribution in [0.1, 0.15) is 81.1 Å². The first-order chi connectivity index (χ1) is 14.7. The largest absolute Gasteiger partial charge is 0.390 e. The fourth-order valence-electron chi connectivity index (χ4n) is 3.34. The summed E-state index contributed by atoms with van der Waals surface area (Å²) in [5.41, 5.74) is -1.45. The van der Waals surface area contributed by atoms with Gasteiger partial charge >= 0.3 is 6.80 Å². The fourth-order valence-corrected chi connectivity index (χ4v) is 9.31. The third-order valence-corrected chi connectivity index (χ3v) is 11.1. The molecule has 0 aliphatic carbocycles. The van der Waals surface area contributed by atoms with Crippen molar-refractivity contribution in [2.75, 3.05) is 44.4 Å². The number of nitrogens with zero attached hydrogens (tertiary/aromatic N) is 1. The molecule has 0 aromatic carbocycles. The van der Waals surface area contributed by atoms with Crippen LogP contribution in [0.5, 0.6) is 0 Å². The van der Waals surface area contributed by atoms with E-state index in [-0.39, 0.29) is 5.12 Å². The van der Waals surface area contributed by atoms with Crippen LogP contribution in [0.2, 0.25) is 0 Å². The van der Waals surface area contributed by atoms with E-state index in [1.54, 1.807) is 0 Å². The average Bonchev–Trinajstić information content (AvgIpc) is 2.69. The molecule has 1 rings (SSSR count). The number of morpholine rings is 1. The van der Waals surface area contributed by atoms with Crippen molar-refractivity contribution in [1.82, 2.24) is 4.90 Å². The Morgan fingerprint density at radius 2 is 1.62 bits per heavy atom. The van der Waals surface area contributed by atoms with Gasteiger partial charge in [-0.05, 0) is 64.9 Å². The second-order valence-corrected chi connectivity index (χ2v) is 15.5. The van der Waals surface area contributed by atoms with Gasteiger partial charge in [-0.2, -0.15) is 0 Å². The molecular formula is C23H46NO5PS2. The van der Waals surface area contributed by atoms with Gasteiger partial charge in [-0.15, -0.1) is 0 Å². The molecule has 0 aromatic rings. The molecule has 0 aromatic heterocycles. The highest BCUT2D eigenvalue weighted by Gasteiger charge is 2.39. The summed E-state index contributed by atoms with van der Waals surface area (Å²) in [6.07, 6.45) is 3.37. The molecule has 0 radical (unpaired) electrons. The molecule has 1 fully saturated rings. The summed E-state index contributed by atoms with van der Waals surface area (Å²) in [5.74, 6) is 1.12. The molecule has 1 saturated heterocycles.